The van der Waals surface area contributed by atoms with Crippen molar-refractivity contribution in [2.24, 2.45) is 0 Å². The summed E-state index contributed by atoms with van der Waals surface area (Å²) in [6.07, 6.45) is 2.82. The van der Waals surface area contributed by atoms with E-state index in [9.17, 15) is 4.39 Å². The van der Waals surface area contributed by atoms with Gasteiger partial charge in [0.2, 0.25) is 11.7 Å². The van der Waals surface area contributed by atoms with Gasteiger partial charge in [0.25, 0.3) is 0 Å². The lowest BCUT2D eigenvalue weighted by atomic mass is 10.1. The Morgan fingerprint density at radius 3 is 2.81 bits per heavy atom. The van der Waals surface area contributed by atoms with E-state index in [0.717, 1.165) is 30.5 Å². The third-order valence-electron chi connectivity index (χ3n) is 3.49. The Balaban J connectivity index is 2.10. The minimum atomic E-state index is -0.255. The Hall–Kier alpha value is -1.75. The summed E-state index contributed by atoms with van der Waals surface area (Å²) in [7, 11) is 0. The fourth-order valence-electron chi connectivity index (χ4n) is 2.25. The minimum Gasteiger partial charge on any atom is -0.339 e. The Morgan fingerprint density at radius 1 is 1.33 bits per heavy atom. The maximum Gasteiger partial charge on any atom is 0.228 e. The third-order valence-corrected chi connectivity index (χ3v) is 3.49. The predicted molar refractivity (Wildman–Crippen MR) is 80.5 cm³/mol. The van der Waals surface area contributed by atoms with E-state index in [-0.39, 0.29) is 5.82 Å². The SMILES string of the molecule is CCCNC(CC)Cc1nc(-c2ccc(F)cc2C)no1. The molecule has 114 valence electrons. The molecule has 0 aliphatic carbocycles. The van der Waals surface area contributed by atoms with Crippen LogP contribution >= 0.6 is 0 Å². The smallest absolute Gasteiger partial charge is 0.228 e. The van der Waals surface area contributed by atoms with Crippen LogP contribution in [0.4, 0.5) is 4.39 Å². The molecule has 0 aliphatic rings. The van der Waals surface area contributed by atoms with Gasteiger partial charge in [0, 0.05) is 18.0 Å². The first-order valence-electron chi connectivity index (χ1n) is 7.46. The molecule has 0 radical (unpaired) electrons. The summed E-state index contributed by atoms with van der Waals surface area (Å²) in [5.41, 5.74) is 1.61. The van der Waals surface area contributed by atoms with Gasteiger partial charge in [0.05, 0.1) is 0 Å². The predicted octanol–water partition coefficient (Wildman–Crippen LogP) is 3.50. The van der Waals surface area contributed by atoms with Crippen molar-refractivity contribution in [1.82, 2.24) is 15.5 Å². The number of aryl methyl sites for hydroxylation is 1. The first kappa shape index (κ1) is 15.6. The lowest BCUT2D eigenvalue weighted by Crippen LogP contribution is -2.31. The summed E-state index contributed by atoms with van der Waals surface area (Å²) < 4.78 is 18.5. The lowest BCUT2D eigenvalue weighted by Gasteiger charge is -2.13. The molecule has 1 unspecified atom stereocenters. The van der Waals surface area contributed by atoms with E-state index < -0.39 is 0 Å². The zero-order valence-corrected chi connectivity index (χ0v) is 12.8. The van der Waals surface area contributed by atoms with Gasteiger partial charge in [-0.25, -0.2) is 4.39 Å². The summed E-state index contributed by atoms with van der Waals surface area (Å²) in [5, 5.41) is 7.47. The van der Waals surface area contributed by atoms with Crippen LogP contribution < -0.4 is 5.32 Å². The van der Waals surface area contributed by atoms with Crippen LogP contribution in [0.15, 0.2) is 22.7 Å². The molecule has 0 saturated carbocycles. The molecular weight excluding hydrogens is 269 g/mol. The van der Waals surface area contributed by atoms with Gasteiger partial charge in [-0.05, 0) is 50.1 Å². The molecular formula is C16H22FN3O. The van der Waals surface area contributed by atoms with E-state index in [4.69, 9.17) is 4.52 Å². The lowest BCUT2D eigenvalue weighted by molar-refractivity contribution is 0.354. The van der Waals surface area contributed by atoms with Gasteiger partial charge in [-0.1, -0.05) is 19.0 Å². The molecule has 1 aromatic carbocycles. The first-order chi connectivity index (χ1) is 10.1. The highest BCUT2D eigenvalue weighted by Gasteiger charge is 2.15. The van der Waals surface area contributed by atoms with Crippen molar-refractivity contribution in [3.63, 3.8) is 0 Å². The van der Waals surface area contributed by atoms with Gasteiger partial charge in [0.15, 0.2) is 0 Å². The van der Waals surface area contributed by atoms with Crippen LogP contribution in [0.25, 0.3) is 11.4 Å². The summed E-state index contributed by atoms with van der Waals surface area (Å²) >= 11 is 0. The van der Waals surface area contributed by atoms with Crippen LogP contribution in [0.3, 0.4) is 0 Å². The van der Waals surface area contributed by atoms with E-state index >= 15 is 0 Å². The van der Waals surface area contributed by atoms with Crippen LogP contribution in [-0.4, -0.2) is 22.7 Å². The van der Waals surface area contributed by atoms with E-state index in [1.165, 1.54) is 12.1 Å². The topological polar surface area (TPSA) is 51.0 Å². The highest BCUT2D eigenvalue weighted by molar-refractivity contribution is 5.59. The van der Waals surface area contributed by atoms with E-state index in [1.54, 1.807) is 6.07 Å². The molecule has 1 N–H and O–H groups in total. The fraction of sp³-hybridized carbons (Fsp3) is 0.500. The second-order valence-corrected chi connectivity index (χ2v) is 5.23. The van der Waals surface area contributed by atoms with E-state index in [1.807, 2.05) is 6.92 Å². The van der Waals surface area contributed by atoms with Crippen molar-refractivity contribution in [2.75, 3.05) is 6.54 Å². The maximum atomic E-state index is 13.1. The molecule has 0 spiro atoms. The average molecular weight is 291 g/mol. The van der Waals surface area contributed by atoms with Crippen LogP contribution in [0.1, 0.15) is 38.1 Å². The number of rotatable bonds is 7. The van der Waals surface area contributed by atoms with Crippen molar-refractivity contribution in [1.29, 1.82) is 0 Å². The average Bonchev–Trinajstić information content (AvgIpc) is 2.91. The molecule has 5 heteroatoms. The maximum absolute atomic E-state index is 13.1. The normalized spacial score (nSPS) is 12.6. The van der Waals surface area contributed by atoms with Crippen molar-refractivity contribution >= 4 is 0 Å². The molecule has 0 aliphatic heterocycles. The number of benzene rings is 1. The minimum absolute atomic E-state index is 0.255. The third kappa shape index (κ3) is 4.11. The molecule has 0 fully saturated rings. The summed E-state index contributed by atoms with van der Waals surface area (Å²) in [5.74, 6) is 0.881. The monoisotopic (exact) mass is 291 g/mol. The number of hydrogen-bond donors (Lipinski definition) is 1. The molecule has 0 saturated heterocycles. The number of nitrogens with one attached hydrogen (secondary N) is 1. The number of hydrogen-bond acceptors (Lipinski definition) is 4. The zero-order chi connectivity index (χ0) is 15.2. The molecule has 1 aromatic heterocycles. The largest absolute Gasteiger partial charge is 0.339 e. The Morgan fingerprint density at radius 2 is 2.14 bits per heavy atom. The summed E-state index contributed by atoms with van der Waals surface area (Å²) in [6, 6.07) is 4.91. The highest BCUT2D eigenvalue weighted by atomic mass is 19.1. The van der Waals surface area contributed by atoms with Gasteiger partial charge >= 0.3 is 0 Å². The molecule has 4 nitrogen and oxygen atoms in total. The van der Waals surface area contributed by atoms with Crippen molar-refractivity contribution in [2.45, 2.75) is 46.1 Å². The van der Waals surface area contributed by atoms with Crippen molar-refractivity contribution < 1.29 is 8.91 Å². The second kappa shape index (κ2) is 7.31. The zero-order valence-electron chi connectivity index (χ0n) is 12.8. The van der Waals surface area contributed by atoms with Gasteiger partial charge in [0.1, 0.15) is 5.82 Å². The van der Waals surface area contributed by atoms with Crippen LogP contribution in [0.5, 0.6) is 0 Å². The molecule has 2 aromatic rings. The molecule has 1 atom stereocenters. The molecule has 2 rings (SSSR count). The van der Waals surface area contributed by atoms with Gasteiger partial charge in [-0.15, -0.1) is 0 Å². The van der Waals surface area contributed by atoms with Gasteiger partial charge in [-0.3, -0.25) is 0 Å². The Bertz CT molecular complexity index is 583. The number of halogens is 1. The Labute approximate surface area is 124 Å². The second-order valence-electron chi connectivity index (χ2n) is 5.23. The highest BCUT2D eigenvalue weighted by Crippen LogP contribution is 2.21. The van der Waals surface area contributed by atoms with Crippen molar-refractivity contribution in [3.05, 3.63) is 35.5 Å². The molecule has 1 heterocycles. The molecule has 0 bridgehead atoms. The van der Waals surface area contributed by atoms with E-state index in [2.05, 4.69) is 29.3 Å². The summed E-state index contributed by atoms with van der Waals surface area (Å²) in [6.45, 7) is 7.10. The van der Waals surface area contributed by atoms with Crippen LogP contribution in [0, 0.1) is 12.7 Å². The van der Waals surface area contributed by atoms with Crippen LogP contribution in [0.2, 0.25) is 0 Å². The fourth-order valence-corrected chi connectivity index (χ4v) is 2.25. The van der Waals surface area contributed by atoms with E-state index in [0.29, 0.717) is 24.2 Å². The Kier molecular flexibility index (Phi) is 5.44. The quantitative estimate of drug-likeness (QED) is 0.848. The number of nitrogens with zero attached hydrogens (tertiary/aromatic N) is 2. The van der Waals surface area contributed by atoms with Crippen LogP contribution in [-0.2, 0) is 6.42 Å². The van der Waals surface area contributed by atoms with Crippen molar-refractivity contribution in [3.8, 4) is 11.4 Å². The van der Waals surface area contributed by atoms with Gasteiger partial charge < -0.3 is 9.84 Å². The first-order valence-corrected chi connectivity index (χ1v) is 7.46. The number of aromatic nitrogens is 2. The molecule has 0 amide bonds. The van der Waals surface area contributed by atoms with Gasteiger partial charge in [-0.2, -0.15) is 4.98 Å². The standard InChI is InChI=1S/C16H22FN3O/c1-4-8-18-13(5-2)10-15-19-16(20-21-15)14-7-6-12(17)9-11(14)3/h6-7,9,13,18H,4-5,8,10H2,1-3H3. The summed E-state index contributed by atoms with van der Waals surface area (Å²) in [4.78, 5) is 4.43. The molecule has 21 heavy (non-hydrogen) atoms.